The summed E-state index contributed by atoms with van der Waals surface area (Å²) in [5.74, 6) is 0.887. The van der Waals surface area contributed by atoms with Crippen LogP contribution >= 0.6 is 0 Å². The molecule has 28 heavy (non-hydrogen) atoms. The molecule has 0 unspecified atom stereocenters. The van der Waals surface area contributed by atoms with Crippen LogP contribution in [0.3, 0.4) is 0 Å². The van der Waals surface area contributed by atoms with E-state index in [1.807, 2.05) is 28.8 Å². The van der Waals surface area contributed by atoms with Crippen LogP contribution in [-0.4, -0.2) is 49.5 Å². The molecule has 4 heterocycles. The van der Waals surface area contributed by atoms with Crippen LogP contribution < -0.4 is 11.2 Å². The number of rotatable bonds is 3. The molecule has 0 amide bonds. The molecule has 0 aromatic carbocycles. The van der Waals surface area contributed by atoms with E-state index in [0.29, 0.717) is 12.8 Å². The largest absolute Gasteiger partial charge is 0.330 e. The zero-order valence-electron chi connectivity index (χ0n) is 15.5. The number of piperidine rings is 1. The smallest absolute Gasteiger partial charge is 0.302 e. The van der Waals surface area contributed by atoms with Crippen LogP contribution in [0.25, 0.3) is 5.65 Å². The van der Waals surface area contributed by atoms with Gasteiger partial charge in [0.1, 0.15) is 5.82 Å². The Labute approximate surface area is 160 Å². The number of aryl methyl sites for hydroxylation is 1. The van der Waals surface area contributed by atoms with Gasteiger partial charge in [0.25, 0.3) is 5.56 Å². The van der Waals surface area contributed by atoms with Crippen molar-refractivity contribution in [3.63, 3.8) is 0 Å². The van der Waals surface area contributed by atoms with Gasteiger partial charge in [-0.2, -0.15) is 4.31 Å². The average molecular weight is 404 g/mol. The van der Waals surface area contributed by atoms with Gasteiger partial charge in [0.05, 0.1) is 0 Å². The minimum absolute atomic E-state index is 0.0758. The highest BCUT2D eigenvalue weighted by atomic mass is 32.2. The lowest BCUT2D eigenvalue weighted by Gasteiger charge is -2.30. The molecule has 0 atom stereocenters. The number of hydrogen-bond donors (Lipinski definition) is 0. The fourth-order valence-electron chi connectivity index (χ4n) is 3.58. The van der Waals surface area contributed by atoms with E-state index in [4.69, 9.17) is 0 Å². The molecule has 1 fully saturated rings. The van der Waals surface area contributed by atoms with Crippen molar-refractivity contribution in [1.82, 2.24) is 28.0 Å². The topological polar surface area (TPSA) is 112 Å². The summed E-state index contributed by atoms with van der Waals surface area (Å²) in [6.07, 6.45) is 4.13. The maximum Gasteiger partial charge on any atom is 0.330 e. The molecule has 3 aromatic heterocycles. The molecule has 4 rings (SSSR count). The van der Waals surface area contributed by atoms with Crippen LogP contribution in [0, 0.1) is 0 Å². The minimum Gasteiger partial charge on any atom is -0.302 e. The number of pyridine rings is 1. The second-order valence-electron chi connectivity index (χ2n) is 6.92. The van der Waals surface area contributed by atoms with Gasteiger partial charge in [0, 0.05) is 45.5 Å². The molecule has 0 aliphatic carbocycles. The molecule has 0 bridgehead atoms. The summed E-state index contributed by atoms with van der Waals surface area (Å²) >= 11 is 0. The third kappa shape index (κ3) is 2.87. The van der Waals surface area contributed by atoms with E-state index in [1.54, 1.807) is 0 Å². The van der Waals surface area contributed by atoms with E-state index in [-0.39, 0.29) is 23.9 Å². The van der Waals surface area contributed by atoms with E-state index in [9.17, 15) is 18.0 Å². The van der Waals surface area contributed by atoms with Crippen LogP contribution in [0.15, 0.2) is 45.1 Å². The molecule has 3 aromatic rings. The molecule has 1 saturated heterocycles. The zero-order chi connectivity index (χ0) is 20.1. The van der Waals surface area contributed by atoms with Gasteiger partial charge in [0.2, 0.25) is 10.0 Å². The minimum atomic E-state index is -3.99. The van der Waals surface area contributed by atoms with Crippen molar-refractivity contribution in [2.24, 2.45) is 14.1 Å². The first-order valence-electron chi connectivity index (χ1n) is 8.87. The zero-order valence-corrected chi connectivity index (χ0v) is 16.3. The molecular weight excluding hydrogens is 384 g/mol. The van der Waals surface area contributed by atoms with Crippen molar-refractivity contribution in [3.05, 3.63) is 57.3 Å². The maximum atomic E-state index is 13.0. The molecule has 10 nitrogen and oxygen atoms in total. The summed E-state index contributed by atoms with van der Waals surface area (Å²) in [6, 6.07) is 5.65. The third-order valence-electron chi connectivity index (χ3n) is 5.19. The Bertz CT molecular complexity index is 1260. The molecule has 11 heteroatoms. The Kier molecular flexibility index (Phi) is 4.42. The van der Waals surface area contributed by atoms with E-state index < -0.39 is 21.3 Å². The SMILES string of the molecule is Cn1cc(S(=O)(=O)N2CCC(c3nnc4ccccn34)CC2)c(=O)n(C)c1=O. The summed E-state index contributed by atoms with van der Waals surface area (Å²) in [6.45, 7) is 0.529. The Morgan fingerprint density at radius 1 is 1.07 bits per heavy atom. The standard InChI is InChI=1S/C17H20N6O4S/c1-20-11-13(16(24)21(2)17(20)25)28(26,27)22-9-6-12(7-10-22)15-19-18-14-5-3-4-8-23(14)15/h3-5,8,11-12H,6-7,9-10H2,1-2H3. The highest BCUT2D eigenvalue weighted by molar-refractivity contribution is 7.89. The van der Waals surface area contributed by atoms with Gasteiger partial charge in [-0.25, -0.2) is 13.2 Å². The molecule has 1 aliphatic heterocycles. The summed E-state index contributed by atoms with van der Waals surface area (Å²) in [4.78, 5) is 23.8. The van der Waals surface area contributed by atoms with Crippen molar-refractivity contribution in [2.45, 2.75) is 23.7 Å². The van der Waals surface area contributed by atoms with Crippen LogP contribution in [0.4, 0.5) is 0 Å². The van der Waals surface area contributed by atoms with Gasteiger partial charge in [0.15, 0.2) is 10.5 Å². The number of nitrogens with zero attached hydrogens (tertiary/aromatic N) is 6. The summed E-state index contributed by atoms with van der Waals surface area (Å²) in [5.41, 5.74) is -0.628. The lowest BCUT2D eigenvalue weighted by Crippen LogP contribution is -2.44. The lowest BCUT2D eigenvalue weighted by molar-refractivity contribution is 0.312. The summed E-state index contributed by atoms with van der Waals surface area (Å²) < 4.78 is 31.1. The molecular formula is C17H20N6O4S. The quantitative estimate of drug-likeness (QED) is 0.592. The maximum absolute atomic E-state index is 13.0. The van der Waals surface area contributed by atoms with Gasteiger partial charge < -0.3 is 4.57 Å². The van der Waals surface area contributed by atoms with E-state index in [0.717, 1.165) is 26.8 Å². The molecule has 148 valence electrons. The van der Waals surface area contributed by atoms with Gasteiger partial charge >= 0.3 is 5.69 Å². The lowest BCUT2D eigenvalue weighted by atomic mass is 9.97. The molecule has 0 spiro atoms. The molecule has 0 saturated carbocycles. The normalized spacial score (nSPS) is 16.6. The average Bonchev–Trinajstić information content (AvgIpc) is 3.13. The van der Waals surface area contributed by atoms with Crippen molar-refractivity contribution in [3.8, 4) is 0 Å². The van der Waals surface area contributed by atoms with Crippen LogP contribution in [0.5, 0.6) is 0 Å². The van der Waals surface area contributed by atoms with E-state index in [1.165, 1.54) is 18.4 Å². The Hall–Kier alpha value is -2.79. The van der Waals surface area contributed by atoms with Crippen LogP contribution in [-0.2, 0) is 24.1 Å². The van der Waals surface area contributed by atoms with E-state index >= 15 is 0 Å². The van der Waals surface area contributed by atoms with Crippen LogP contribution in [0.1, 0.15) is 24.6 Å². The summed E-state index contributed by atoms with van der Waals surface area (Å²) in [7, 11) is -1.30. The first-order valence-corrected chi connectivity index (χ1v) is 10.3. The highest BCUT2D eigenvalue weighted by Gasteiger charge is 2.34. The Morgan fingerprint density at radius 3 is 2.50 bits per heavy atom. The van der Waals surface area contributed by atoms with Gasteiger partial charge in [-0.05, 0) is 25.0 Å². The first kappa shape index (κ1) is 18.6. The predicted octanol–water partition coefficient (Wildman–Crippen LogP) is -0.305. The second-order valence-corrected chi connectivity index (χ2v) is 8.82. The first-order chi connectivity index (χ1) is 13.3. The van der Waals surface area contributed by atoms with E-state index in [2.05, 4.69) is 10.2 Å². The molecule has 1 aliphatic rings. The fourth-order valence-corrected chi connectivity index (χ4v) is 5.20. The predicted molar refractivity (Wildman–Crippen MR) is 101 cm³/mol. The van der Waals surface area contributed by atoms with Gasteiger partial charge in [-0.15, -0.1) is 10.2 Å². The second kappa shape index (κ2) is 6.67. The number of hydrogen-bond acceptors (Lipinski definition) is 6. The van der Waals surface area contributed by atoms with Crippen molar-refractivity contribution >= 4 is 15.7 Å². The number of sulfonamides is 1. The third-order valence-corrected chi connectivity index (χ3v) is 7.07. The summed E-state index contributed by atoms with van der Waals surface area (Å²) in [5, 5.41) is 8.42. The Balaban J connectivity index is 1.60. The van der Waals surface area contributed by atoms with Gasteiger partial charge in [-0.1, -0.05) is 6.07 Å². The van der Waals surface area contributed by atoms with Crippen molar-refractivity contribution in [2.75, 3.05) is 13.1 Å². The molecule has 0 radical (unpaired) electrons. The van der Waals surface area contributed by atoms with Crippen molar-refractivity contribution < 1.29 is 8.42 Å². The van der Waals surface area contributed by atoms with Gasteiger partial charge in [-0.3, -0.25) is 13.8 Å². The fraction of sp³-hybridized carbons (Fsp3) is 0.412. The number of aromatic nitrogens is 5. The highest BCUT2D eigenvalue weighted by Crippen LogP contribution is 2.29. The van der Waals surface area contributed by atoms with Crippen LogP contribution in [0.2, 0.25) is 0 Å². The number of fused-ring (bicyclic) bond motifs is 1. The molecule has 0 N–H and O–H groups in total. The van der Waals surface area contributed by atoms with Crippen molar-refractivity contribution in [1.29, 1.82) is 0 Å². The monoisotopic (exact) mass is 404 g/mol. The Morgan fingerprint density at radius 2 is 1.79 bits per heavy atom.